The first-order valence-electron chi connectivity index (χ1n) is 6.44. The molecule has 21 heavy (non-hydrogen) atoms. The van der Waals surface area contributed by atoms with E-state index in [9.17, 15) is 4.79 Å². The summed E-state index contributed by atoms with van der Waals surface area (Å²) in [6, 6.07) is 16.0. The monoisotopic (exact) mass is 310 g/mol. The van der Waals surface area contributed by atoms with Crippen LogP contribution in [0, 0.1) is 0 Å². The number of amides is 1. The Morgan fingerprint density at radius 3 is 2.81 bits per heavy atom. The van der Waals surface area contributed by atoms with Crippen molar-refractivity contribution in [1.29, 1.82) is 0 Å². The zero-order valence-electron chi connectivity index (χ0n) is 10.9. The zero-order chi connectivity index (χ0) is 14.2. The lowest BCUT2D eigenvalue weighted by molar-refractivity contribution is 0.103. The van der Waals surface area contributed by atoms with Crippen molar-refractivity contribution >= 4 is 54.7 Å². The van der Waals surface area contributed by atoms with Gasteiger partial charge in [-0.05, 0) is 22.9 Å². The van der Waals surface area contributed by atoms with Crippen LogP contribution in [0.3, 0.4) is 0 Å². The zero-order valence-corrected chi connectivity index (χ0v) is 12.5. The van der Waals surface area contributed by atoms with E-state index in [2.05, 4.69) is 34.6 Å². The number of carbonyl (C=O) groups is 1. The summed E-state index contributed by atoms with van der Waals surface area (Å²) in [5.41, 5.74) is 0.944. The van der Waals surface area contributed by atoms with Gasteiger partial charge in [0.25, 0.3) is 5.91 Å². The molecule has 1 amide bonds. The highest BCUT2D eigenvalue weighted by Crippen LogP contribution is 2.31. The Morgan fingerprint density at radius 2 is 1.95 bits per heavy atom. The molecule has 0 saturated heterocycles. The van der Waals surface area contributed by atoms with Gasteiger partial charge in [-0.25, -0.2) is 4.98 Å². The topological polar surface area (TPSA) is 42.0 Å². The van der Waals surface area contributed by atoms with Crippen LogP contribution in [0.25, 0.3) is 21.0 Å². The SMILES string of the molecule is O=C(Nc1nc2c(ccc3ccccc32)s1)c1cccs1. The Balaban J connectivity index is 1.77. The van der Waals surface area contributed by atoms with E-state index in [-0.39, 0.29) is 5.91 Å². The molecular formula is C16H10N2OS2. The summed E-state index contributed by atoms with van der Waals surface area (Å²) in [4.78, 5) is 17.4. The van der Waals surface area contributed by atoms with Crippen LogP contribution in [0.4, 0.5) is 5.13 Å². The smallest absolute Gasteiger partial charge is 0.267 e. The maximum Gasteiger partial charge on any atom is 0.267 e. The number of nitrogens with one attached hydrogen (secondary N) is 1. The molecule has 0 aliphatic heterocycles. The van der Waals surface area contributed by atoms with Crippen molar-refractivity contribution in [3.63, 3.8) is 0 Å². The predicted octanol–water partition coefficient (Wildman–Crippen LogP) is 4.76. The third kappa shape index (κ3) is 2.20. The van der Waals surface area contributed by atoms with Gasteiger partial charge in [-0.15, -0.1) is 11.3 Å². The first kappa shape index (κ1) is 12.5. The van der Waals surface area contributed by atoms with Crippen molar-refractivity contribution in [2.24, 2.45) is 0 Å². The third-order valence-corrected chi connectivity index (χ3v) is 5.05. The molecule has 2 heterocycles. The van der Waals surface area contributed by atoms with Crippen LogP contribution >= 0.6 is 22.7 Å². The second-order valence-electron chi connectivity index (χ2n) is 4.58. The molecule has 1 N–H and O–H groups in total. The van der Waals surface area contributed by atoms with Crippen LogP contribution in [0.5, 0.6) is 0 Å². The fraction of sp³-hybridized carbons (Fsp3) is 0. The standard InChI is InChI=1S/C16H10N2OS2/c19-15(13-6-3-9-20-13)18-16-17-14-11-5-2-1-4-10(11)7-8-12(14)21-16/h1-9H,(H,17,18,19). The van der Waals surface area contributed by atoms with Crippen molar-refractivity contribution < 1.29 is 4.79 Å². The Kier molecular flexibility index (Phi) is 2.94. The van der Waals surface area contributed by atoms with Gasteiger partial charge < -0.3 is 0 Å². The van der Waals surface area contributed by atoms with Crippen LogP contribution in [0.1, 0.15) is 9.67 Å². The molecule has 2 aromatic carbocycles. The average Bonchev–Trinajstić information content (AvgIpc) is 3.16. The number of rotatable bonds is 2. The molecule has 0 aliphatic carbocycles. The van der Waals surface area contributed by atoms with Crippen molar-refractivity contribution in [3.8, 4) is 0 Å². The number of carbonyl (C=O) groups excluding carboxylic acids is 1. The first-order valence-corrected chi connectivity index (χ1v) is 8.14. The molecule has 102 valence electrons. The van der Waals surface area contributed by atoms with Crippen molar-refractivity contribution in [1.82, 2.24) is 4.98 Å². The van der Waals surface area contributed by atoms with Gasteiger partial charge in [0.15, 0.2) is 5.13 Å². The number of benzene rings is 2. The molecule has 0 bridgehead atoms. The summed E-state index contributed by atoms with van der Waals surface area (Å²) in [5.74, 6) is -0.103. The van der Waals surface area contributed by atoms with Crippen molar-refractivity contribution in [2.45, 2.75) is 0 Å². The highest BCUT2D eigenvalue weighted by atomic mass is 32.1. The van der Waals surface area contributed by atoms with Crippen LogP contribution in [-0.2, 0) is 0 Å². The maximum absolute atomic E-state index is 12.1. The summed E-state index contributed by atoms with van der Waals surface area (Å²) >= 11 is 2.92. The summed E-state index contributed by atoms with van der Waals surface area (Å²) in [6.07, 6.45) is 0. The minimum absolute atomic E-state index is 0.103. The minimum Gasteiger partial charge on any atom is -0.297 e. The molecule has 0 aliphatic rings. The maximum atomic E-state index is 12.1. The van der Waals surface area contributed by atoms with Gasteiger partial charge in [0.1, 0.15) is 0 Å². The van der Waals surface area contributed by atoms with Gasteiger partial charge in [-0.1, -0.05) is 47.7 Å². The van der Waals surface area contributed by atoms with Crippen molar-refractivity contribution in [2.75, 3.05) is 5.32 Å². The molecule has 4 aromatic rings. The average molecular weight is 310 g/mol. The van der Waals surface area contributed by atoms with Crippen LogP contribution in [-0.4, -0.2) is 10.9 Å². The van der Waals surface area contributed by atoms with Gasteiger partial charge in [0.05, 0.1) is 15.1 Å². The van der Waals surface area contributed by atoms with Gasteiger partial charge in [0.2, 0.25) is 0 Å². The molecule has 0 unspecified atom stereocenters. The molecule has 2 aromatic heterocycles. The second kappa shape index (κ2) is 4.95. The molecule has 0 fully saturated rings. The number of fused-ring (bicyclic) bond motifs is 3. The lowest BCUT2D eigenvalue weighted by Crippen LogP contribution is -2.09. The van der Waals surface area contributed by atoms with Gasteiger partial charge in [0, 0.05) is 5.39 Å². The van der Waals surface area contributed by atoms with Crippen LogP contribution in [0.2, 0.25) is 0 Å². The van der Waals surface area contributed by atoms with E-state index in [1.54, 1.807) is 0 Å². The summed E-state index contributed by atoms with van der Waals surface area (Å²) in [5, 5.41) is 7.68. The van der Waals surface area contributed by atoms with E-state index in [0.29, 0.717) is 10.0 Å². The van der Waals surface area contributed by atoms with E-state index in [4.69, 9.17) is 0 Å². The van der Waals surface area contributed by atoms with Crippen LogP contribution in [0.15, 0.2) is 53.9 Å². The van der Waals surface area contributed by atoms with Gasteiger partial charge in [-0.2, -0.15) is 0 Å². The Labute approximate surface area is 128 Å². The first-order chi connectivity index (χ1) is 10.3. The molecule has 0 saturated carbocycles. The lowest BCUT2D eigenvalue weighted by atomic mass is 10.1. The molecule has 5 heteroatoms. The molecular weight excluding hydrogens is 300 g/mol. The highest BCUT2D eigenvalue weighted by molar-refractivity contribution is 7.22. The fourth-order valence-electron chi connectivity index (χ4n) is 2.28. The number of hydrogen-bond donors (Lipinski definition) is 1. The number of aromatic nitrogens is 1. The normalized spacial score (nSPS) is 11.0. The van der Waals surface area contributed by atoms with E-state index in [1.165, 1.54) is 22.7 Å². The minimum atomic E-state index is -0.103. The summed E-state index contributed by atoms with van der Waals surface area (Å²) < 4.78 is 1.08. The molecule has 0 atom stereocenters. The lowest BCUT2D eigenvalue weighted by Gasteiger charge is -1.97. The molecule has 0 spiro atoms. The van der Waals surface area contributed by atoms with E-state index >= 15 is 0 Å². The third-order valence-electron chi connectivity index (χ3n) is 3.25. The van der Waals surface area contributed by atoms with E-state index < -0.39 is 0 Å². The largest absolute Gasteiger partial charge is 0.297 e. The predicted molar refractivity (Wildman–Crippen MR) is 89.4 cm³/mol. The molecule has 3 nitrogen and oxygen atoms in total. The second-order valence-corrected chi connectivity index (χ2v) is 6.56. The number of anilines is 1. The Morgan fingerprint density at radius 1 is 1.05 bits per heavy atom. The van der Waals surface area contributed by atoms with Crippen LogP contribution < -0.4 is 5.32 Å². The number of thiazole rings is 1. The van der Waals surface area contributed by atoms with Gasteiger partial charge in [-0.3, -0.25) is 10.1 Å². The molecule has 4 rings (SSSR count). The summed E-state index contributed by atoms with van der Waals surface area (Å²) in [7, 11) is 0. The van der Waals surface area contributed by atoms with E-state index in [0.717, 1.165) is 21.0 Å². The number of hydrogen-bond acceptors (Lipinski definition) is 4. The quantitative estimate of drug-likeness (QED) is 0.580. The number of thiophene rings is 1. The van der Waals surface area contributed by atoms with Gasteiger partial charge >= 0.3 is 0 Å². The van der Waals surface area contributed by atoms with Crippen molar-refractivity contribution in [3.05, 3.63) is 58.8 Å². The summed E-state index contributed by atoms with van der Waals surface area (Å²) in [6.45, 7) is 0. The van der Waals surface area contributed by atoms with E-state index in [1.807, 2.05) is 29.6 Å². The fourth-order valence-corrected chi connectivity index (χ4v) is 3.78. The Bertz CT molecular complexity index is 941. The Hall–Kier alpha value is -2.24. The molecule has 0 radical (unpaired) electrons. The highest BCUT2D eigenvalue weighted by Gasteiger charge is 2.11. The number of nitrogens with zero attached hydrogens (tertiary/aromatic N) is 1.